The highest BCUT2D eigenvalue weighted by Crippen LogP contribution is 2.35. The van der Waals surface area contributed by atoms with Crippen molar-refractivity contribution in [2.45, 2.75) is 24.0 Å². The van der Waals surface area contributed by atoms with Crippen molar-refractivity contribution in [2.24, 2.45) is 11.7 Å². The Morgan fingerprint density at radius 1 is 1.32 bits per heavy atom. The SMILES string of the molecule is CC1CN(S(=O)(=O)c2cc(C(F)(F)F)ccc2Cl)CC1N.Cl. The lowest BCUT2D eigenvalue weighted by molar-refractivity contribution is -0.137. The summed E-state index contributed by atoms with van der Waals surface area (Å²) in [5, 5.41) is -0.240. The van der Waals surface area contributed by atoms with Gasteiger partial charge in [-0.2, -0.15) is 17.5 Å². The second kappa shape index (κ2) is 6.52. The second-order valence-corrected chi connectivity index (χ2v) is 7.42. The monoisotopic (exact) mass is 378 g/mol. The van der Waals surface area contributed by atoms with E-state index < -0.39 is 26.7 Å². The fraction of sp³-hybridized carbons (Fsp3) is 0.500. The molecule has 22 heavy (non-hydrogen) atoms. The van der Waals surface area contributed by atoms with E-state index in [9.17, 15) is 21.6 Å². The van der Waals surface area contributed by atoms with Crippen LogP contribution >= 0.6 is 24.0 Å². The molecule has 1 fully saturated rings. The van der Waals surface area contributed by atoms with Gasteiger partial charge >= 0.3 is 6.18 Å². The van der Waals surface area contributed by atoms with Crippen molar-refractivity contribution in [3.05, 3.63) is 28.8 Å². The molecule has 2 atom stereocenters. The molecule has 2 rings (SSSR count). The van der Waals surface area contributed by atoms with Crippen LogP contribution < -0.4 is 5.73 Å². The highest BCUT2D eigenvalue weighted by atomic mass is 35.5. The number of benzene rings is 1. The van der Waals surface area contributed by atoms with Crippen LogP contribution in [-0.4, -0.2) is 31.9 Å². The molecule has 1 aromatic carbocycles. The zero-order chi connectivity index (χ0) is 16.0. The highest BCUT2D eigenvalue weighted by Gasteiger charge is 2.38. The van der Waals surface area contributed by atoms with Gasteiger partial charge < -0.3 is 5.73 Å². The lowest BCUT2D eigenvalue weighted by atomic mass is 10.1. The summed E-state index contributed by atoms with van der Waals surface area (Å²) in [7, 11) is -4.10. The molecule has 0 spiro atoms. The Kier molecular flexibility index (Phi) is 5.79. The molecule has 1 aliphatic rings. The minimum atomic E-state index is -4.64. The molecular formula is C12H15Cl2F3N2O2S. The van der Waals surface area contributed by atoms with Crippen molar-refractivity contribution >= 4 is 34.0 Å². The molecule has 2 N–H and O–H groups in total. The number of sulfonamides is 1. The van der Waals surface area contributed by atoms with Gasteiger partial charge in [-0.05, 0) is 24.1 Å². The zero-order valence-corrected chi connectivity index (χ0v) is 13.9. The van der Waals surface area contributed by atoms with E-state index in [2.05, 4.69) is 0 Å². The van der Waals surface area contributed by atoms with Crippen molar-refractivity contribution in [3.63, 3.8) is 0 Å². The maximum absolute atomic E-state index is 12.7. The lowest BCUT2D eigenvalue weighted by Crippen LogP contribution is -2.32. The van der Waals surface area contributed by atoms with Crippen LogP contribution in [0, 0.1) is 5.92 Å². The number of halogens is 5. The molecule has 2 unspecified atom stereocenters. The van der Waals surface area contributed by atoms with Crippen LogP contribution in [-0.2, 0) is 16.2 Å². The van der Waals surface area contributed by atoms with Crippen LogP contribution in [0.25, 0.3) is 0 Å². The predicted molar refractivity (Wildman–Crippen MR) is 79.6 cm³/mol. The predicted octanol–water partition coefficient (Wildman–Crippen LogP) is 2.75. The maximum atomic E-state index is 12.7. The molecule has 1 saturated heterocycles. The zero-order valence-electron chi connectivity index (χ0n) is 11.5. The first kappa shape index (κ1) is 19.5. The lowest BCUT2D eigenvalue weighted by Gasteiger charge is -2.18. The average Bonchev–Trinajstić information content (AvgIpc) is 2.69. The fourth-order valence-electron chi connectivity index (χ4n) is 2.16. The maximum Gasteiger partial charge on any atom is 0.416 e. The van der Waals surface area contributed by atoms with Crippen molar-refractivity contribution in [1.29, 1.82) is 0 Å². The Labute approximate surface area is 137 Å². The molecule has 1 aromatic rings. The topological polar surface area (TPSA) is 63.4 Å². The summed E-state index contributed by atoms with van der Waals surface area (Å²) in [4.78, 5) is -0.541. The van der Waals surface area contributed by atoms with Gasteiger partial charge in [0.05, 0.1) is 10.6 Å². The number of rotatable bonds is 2. The van der Waals surface area contributed by atoms with Crippen molar-refractivity contribution in [3.8, 4) is 0 Å². The Balaban J connectivity index is 0.00000242. The standard InChI is InChI=1S/C12H14ClF3N2O2S.ClH/c1-7-5-18(6-10(7)17)21(19,20)11-4-8(12(14,15)16)2-3-9(11)13;/h2-4,7,10H,5-6,17H2,1H3;1H. The summed E-state index contributed by atoms with van der Waals surface area (Å²) >= 11 is 5.78. The first-order valence-corrected chi connectivity index (χ1v) is 7.97. The van der Waals surface area contributed by atoms with E-state index in [1.165, 1.54) is 0 Å². The molecule has 0 radical (unpaired) electrons. The molecule has 126 valence electrons. The van der Waals surface area contributed by atoms with Gasteiger partial charge in [0.2, 0.25) is 10.0 Å². The third-order valence-electron chi connectivity index (χ3n) is 3.51. The first-order chi connectivity index (χ1) is 9.53. The number of nitrogens with zero attached hydrogens (tertiary/aromatic N) is 1. The number of nitrogens with two attached hydrogens (primary N) is 1. The molecule has 0 bridgehead atoms. The minimum absolute atomic E-state index is 0. The molecule has 0 amide bonds. The van der Waals surface area contributed by atoms with Crippen molar-refractivity contribution in [2.75, 3.05) is 13.1 Å². The van der Waals surface area contributed by atoms with Gasteiger partial charge in [0, 0.05) is 19.1 Å². The minimum Gasteiger partial charge on any atom is -0.326 e. The Bertz CT molecular complexity index is 642. The van der Waals surface area contributed by atoms with Crippen LogP contribution in [0.2, 0.25) is 5.02 Å². The molecule has 0 aromatic heterocycles. The van der Waals surface area contributed by atoms with Crippen LogP contribution in [0.5, 0.6) is 0 Å². The highest BCUT2D eigenvalue weighted by molar-refractivity contribution is 7.89. The van der Waals surface area contributed by atoms with Gasteiger partial charge in [-0.3, -0.25) is 0 Å². The smallest absolute Gasteiger partial charge is 0.326 e. The molecule has 0 saturated carbocycles. The molecule has 1 aliphatic heterocycles. The van der Waals surface area contributed by atoms with E-state index in [-0.39, 0.29) is 42.5 Å². The quantitative estimate of drug-likeness (QED) is 0.860. The van der Waals surface area contributed by atoms with Gasteiger partial charge in [0.15, 0.2) is 0 Å². The van der Waals surface area contributed by atoms with E-state index in [1.807, 2.05) is 0 Å². The Morgan fingerprint density at radius 2 is 1.91 bits per heavy atom. The third-order valence-corrected chi connectivity index (χ3v) is 5.83. The van der Waals surface area contributed by atoms with E-state index in [1.54, 1.807) is 6.92 Å². The van der Waals surface area contributed by atoms with Crippen molar-refractivity contribution < 1.29 is 21.6 Å². The summed E-state index contributed by atoms with van der Waals surface area (Å²) in [6.45, 7) is 2.01. The molecular weight excluding hydrogens is 364 g/mol. The van der Waals surface area contributed by atoms with E-state index in [0.29, 0.717) is 6.07 Å². The van der Waals surface area contributed by atoms with Gasteiger partial charge in [0.1, 0.15) is 4.90 Å². The van der Waals surface area contributed by atoms with Gasteiger partial charge in [-0.25, -0.2) is 8.42 Å². The van der Waals surface area contributed by atoms with E-state index >= 15 is 0 Å². The van der Waals surface area contributed by atoms with Crippen molar-refractivity contribution in [1.82, 2.24) is 4.31 Å². The molecule has 0 aliphatic carbocycles. The largest absolute Gasteiger partial charge is 0.416 e. The van der Waals surface area contributed by atoms with E-state index in [4.69, 9.17) is 17.3 Å². The van der Waals surface area contributed by atoms with Gasteiger partial charge in [-0.15, -0.1) is 12.4 Å². The Morgan fingerprint density at radius 3 is 2.36 bits per heavy atom. The summed E-state index contributed by atoms with van der Waals surface area (Å²) in [6.07, 6.45) is -4.64. The number of hydrogen-bond donors (Lipinski definition) is 1. The van der Waals surface area contributed by atoms with Crippen LogP contribution in [0.15, 0.2) is 23.1 Å². The summed E-state index contributed by atoms with van der Waals surface area (Å²) in [6, 6.07) is 1.91. The van der Waals surface area contributed by atoms with Crippen LogP contribution in [0.3, 0.4) is 0 Å². The third kappa shape index (κ3) is 3.68. The fourth-order valence-corrected chi connectivity index (χ4v) is 4.24. The molecule has 1 heterocycles. The molecule has 4 nitrogen and oxygen atoms in total. The Hall–Kier alpha value is -0.540. The van der Waals surface area contributed by atoms with Crippen LogP contribution in [0.4, 0.5) is 13.2 Å². The second-order valence-electron chi connectivity index (χ2n) is 5.11. The summed E-state index contributed by atoms with van der Waals surface area (Å²) < 4.78 is 64.1. The number of alkyl halides is 3. The first-order valence-electron chi connectivity index (χ1n) is 6.16. The summed E-state index contributed by atoms with van der Waals surface area (Å²) in [5.41, 5.74) is 4.71. The molecule has 10 heteroatoms. The van der Waals surface area contributed by atoms with Crippen LogP contribution in [0.1, 0.15) is 12.5 Å². The average molecular weight is 379 g/mol. The van der Waals surface area contributed by atoms with Gasteiger partial charge in [0.25, 0.3) is 0 Å². The summed E-state index contributed by atoms with van der Waals surface area (Å²) in [5.74, 6) is -0.0654. The van der Waals surface area contributed by atoms with E-state index in [0.717, 1.165) is 16.4 Å². The number of hydrogen-bond acceptors (Lipinski definition) is 3. The normalized spacial score (nSPS) is 23.4. The van der Waals surface area contributed by atoms with Gasteiger partial charge in [-0.1, -0.05) is 18.5 Å².